The molecule has 2 aromatic carbocycles. The number of halogens is 1. The molecule has 1 aromatic heterocycles. The number of hydrogen-bond donors (Lipinski definition) is 1. The Bertz CT molecular complexity index is 807. The average molecular weight is 280 g/mol. The van der Waals surface area contributed by atoms with Crippen molar-refractivity contribution in [3.8, 4) is 6.07 Å². The van der Waals surface area contributed by atoms with E-state index in [0.717, 1.165) is 16.6 Å². The molecule has 20 heavy (non-hydrogen) atoms. The van der Waals surface area contributed by atoms with Gasteiger partial charge in [-0.1, -0.05) is 35.9 Å². The SMILES string of the molecule is N#C/C(=C\c1cccc(Cl)c1)c1nc2ccccc2[nH]1. The van der Waals surface area contributed by atoms with Crippen molar-refractivity contribution in [1.82, 2.24) is 9.97 Å². The van der Waals surface area contributed by atoms with Crippen LogP contribution >= 0.6 is 11.6 Å². The molecule has 3 nitrogen and oxygen atoms in total. The number of hydrogen-bond acceptors (Lipinski definition) is 2. The van der Waals surface area contributed by atoms with Gasteiger partial charge in [-0.3, -0.25) is 0 Å². The van der Waals surface area contributed by atoms with Crippen LogP contribution in [-0.4, -0.2) is 9.97 Å². The van der Waals surface area contributed by atoms with Gasteiger partial charge in [0.05, 0.1) is 16.6 Å². The molecule has 0 fully saturated rings. The van der Waals surface area contributed by atoms with Gasteiger partial charge in [0, 0.05) is 5.02 Å². The second-order valence-electron chi connectivity index (χ2n) is 4.33. The molecule has 0 bridgehead atoms. The first-order valence-corrected chi connectivity index (χ1v) is 6.46. The zero-order chi connectivity index (χ0) is 13.9. The molecule has 1 N–H and O–H groups in total. The smallest absolute Gasteiger partial charge is 0.149 e. The van der Waals surface area contributed by atoms with Crippen molar-refractivity contribution >= 4 is 34.3 Å². The highest BCUT2D eigenvalue weighted by Gasteiger charge is 2.07. The number of nitriles is 1. The molecule has 3 aromatic rings. The van der Waals surface area contributed by atoms with Crippen molar-refractivity contribution in [2.24, 2.45) is 0 Å². The summed E-state index contributed by atoms with van der Waals surface area (Å²) in [5.41, 5.74) is 3.10. The fourth-order valence-electron chi connectivity index (χ4n) is 2.00. The Morgan fingerprint density at radius 1 is 1.20 bits per heavy atom. The molecule has 0 radical (unpaired) electrons. The van der Waals surface area contributed by atoms with Crippen molar-refractivity contribution in [2.75, 3.05) is 0 Å². The van der Waals surface area contributed by atoms with E-state index in [2.05, 4.69) is 16.0 Å². The number of benzene rings is 2. The van der Waals surface area contributed by atoms with Crippen molar-refractivity contribution in [3.63, 3.8) is 0 Å². The first kappa shape index (κ1) is 12.5. The largest absolute Gasteiger partial charge is 0.337 e. The lowest BCUT2D eigenvalue weighted by Gasteiger charge is -1.96. The molecule has 0 aliphatic heterocycles. The van der Waals surface area contributed by atoms with Gasteiger partial charge in [-0.25, -0.2) is 4.98 Å². The number of imidazole rings is 1. The van der Waals surface area contributed by atoms with Crippen molar-refractivity contribution < 1.29 is 0 Å². The Morgan fingerprint density at radius 2 is 2.05 bits per heavy atom. The summed E-state index contributed by atoms with van der Waals surface area (Å²) < 4.78 is 0. The lowest BCUT2D eigenvalue weighted by molar-refractivity contribution is 1.27. The molecule has 0 aliphatic carbocycles. The minimum Gasteiger partial charge on any atom is -0.337 e. The summed E-state index contributed by atoms with van der Waals surface area (Å²) in [6.07, 6.45) is 1.77. The van der Waals surface area contributed by atoms with E-state index in [0.29, 0.717) is 16.4 Å². The lowest BCUT2D eigenvalue weighted by atomic mass is 10.1. The van der Waals surface area contributed by atoms with E-state index in [1.807, 2.05) is 42.5 Å². The van der Waals surface area contributed by atoms with E-state index in [9.17, 15) is 5.26 Å². The zero-order valence-corrected chi connectivity index (χ0v) is 11.2. The normalized spacial score (nSPS) is 11.5. The Labute approximate surface area is 121 Å². The summed E-state index contributed by atoms with van der Waals surface area (Å²) in [5, 5.41) is 9.96. The maximum absolute atomic E-state index is 9.32. The first-order chi connectivity index (χ1) is 9.76. The summed E-state index contributed by atoms with van der Waals surface area (Å²) in [6.45, 7) is 0. The molecule has 3 rings (SSSR count). The maximum Gasteiger partial charge on any atom is 0.149 e. The predicted molar refractivity (Wildman–Crippen MR) is 81.0 cm³/mol. The Hall–Kier alpha value is -2.57. The maximum atomic E-state index is 9.32. The second-order valence-corrected chi connectivity index (χ2v) is 4.76. The summed E-state index contributed by atoms with van der Waals surface area (Å²) in [6, 6.07) is 17.2. The van der Waals surface area contributed by atoms with Crippen LogP contribution in [-0.2, 0) is 0 Å². The number of rotatable bonds is 2. The fourth-order valence-corrected chi connectivity index (χ4v) is 2.20. The number of nitrogens with one attached hydrogen (secondary N) is 1. The van der Waals surface area contributed by atoms with Gasteiger partial charge in [-0.15, -0.1) is 0 Å². The molecule has 0 atom stereocenters. The van der Waals surface area contributed by atoms with Crippen molar-refractivity contribution in [1.29, 1.82) is 5.26 Å². The number of aromatic amines is 1. The standard InChI is InChI=1S/C16H10ClN3/c17-13-5-3-4-11(9-13)8-12(10-18)16-19-14-6-1-2-7-15(14)20-16/h1-9H,(H,19,20)/b12-8+. The van der Waals surface area contributed by atoms with E-state index in [4.69, 9.17) is 11.6 Å². The van der Waals surface area contributed by atoms with Crippen LogP contribution in [0.4, 0.5) is 0 Å². The highest BCUT2D eigenvalue weighted by molar-refractivity contribution is 6.30. The highest BCUT2D eigenvalue weighted by atomic mass is 35.5. The zero-order valence-electron chi connectivity index (χ0n) is 10.5. The van der Waals surface area contributed by atoms with E-state index >= 15 is 0 Å². The number of allylic oxidation sites excluding steroid dienone is 1. The van der Waals surface area contributed by atoms with Gasteiger partial charge in [-0.2, -0.15) is 5.26 Å². The van der Waals surface area contributed by atoms with Gasteiger partial charge < -0.3 is 4.98 Å². The Balaban J connectivity index is 2.07. The molecule has 0 amide bonds. The van der Waals surface area contributed by atoms with Crippen molar-refractivity contribution in [3.05, 3.63) is 64.9 Å². The monoisotopic (exact) mass is 279 g/mol. The van der Waals surface area contributed by atoms with Crippen LogP contribution in [0.2, 0.25) is 5.02 Å². The summed E-state index contributed by atoms with van der Waals surface area (Å²) in [7, 11) is 0. The topological polar surface area (TPSA) is 52.5 Å². The van der Waals surface area contributed by atoms with Crippen LogP contribution < -0.4 is 0 Å². The average Bonchev–Trinajstić information content (AvgIpc) is 2.88. The molecule has 0 saturated carbocycles. The number of para-hydroxylation sites is 2. The van der Waals surface area contributed by atoms with Gasteiger partial charge in [0.25, 0.3) is 0 Å². The van der Waals surface area contributed by atoms with Crippen LogP contribution in [0, 0.1) is 11.3 Å². The van der Waals surface area contributed by atoms with Crippen LogP contribution in [0.15, 0.2) is 48.5 Å². The third-order valence-electron chi connectivity index (χ3n) is 2.92. The third kappa shape index (κ3) is 2.42. The minimum absolute atomic E-state index is 0.475. The Morgan fingerprint density at radius 3 is 2.80 bits per heavy atom. The second kappa shape index (κ2) is 5.20. The number of H-pyrrole nitrogens is 1. The fraction of sp³-hybridized carbons (Fsp3) is 0. The van der Waals surface area contributed by atoms with Gasteiger partial charge in [0.1, 0.15) is 11.9 Å². The molecule has 96 valence electrons. The third-order valence-corrected chi connectivity index (χ3v) is 3.16. The summed E-state index contributed by atoms with van der Waals surface area (Å²) >= 11 is 5.95. The molecule has 4 heteroatoms. The van der Waals surface area contributed by atoms with Gasteiger partial charge in [-0.05, 0) is 35.9 Å². The quantitative estimate of drug-likeness (QED) is 0.712. The summed E-state index contributed by atoms with van der Waals surface area (Å²) in [4.78, 5) is 7.57. The molecular formula is C16H10ClN3. The predicted octanol–water partition coefficient (Wildman–Crippen LogP) is 4.28. The van der Waals surface area contributed by atoms with Crippen LogP contribution in [0.25, 0.3) is 22.7 Å². The van der Waals surface area contributed by atoms with Crippen molar-refractivity contribution in [2.45, 2.75) is 0 Å². The van der Waals surface area contributed by atoms with Gasteiger partial charge >= 0.3 is 0 Å². The molecule has 0 spiro atoms. The molecule has 0 aliphatic rings. The van der Waals surface area contributed by atoms with E-state index < -0.39 is 0 Å². The van der Waals surface area contributed by atoms with E-state index in [1.54, 1.807) is 12.1 Å². The lowest BCUT2D eigenvalue weighted by Crippen LogP contribution is -1.84. The molecular weight excluding hydrogens is 270 g/mol. The molecule has 1 heterocycles. The number of aromatic nitrogens is 2. The minimum atomic E-state index is 0.475. The Kier molecular flexibility index (Phi) is 3.24. The number of fused-ring (bicyclic) bond motifs is 1. The van der Waals surface area contributed by atoms with Crippen LogP contribution in [0.1, 0.15) is 11.4 Å². The highest BCUT2D eigenvalue weighted by Crippen LogP contribution is 2.20. The van der Waals surface area contributed by atoms with E-state index in [1.165, 1.54) is 0 Å². The van der Waals surface area contributed by atoms with Gasteiger partial charge in [0.2, 0.25) is 0 Å². The van der Waals surface area contributed by atoms with E-state index in [-0.39, 0.29) is 0 Å². The molecule has 0 unspecified atom stereocenters. The first-order valence-electron chi connectivity index (χ1n) is 6.09. The van der Waals surface area contributed by atoms with Gasteiger partial charge in [0.15, 0.2) is 0 Å². The molecule has 0 saturated heterocycles. The number of nitrogens with zero attached hydrogens (tertiary/aromatic N) is 2. The summed E-state index contributed by atoms with van der Waals surface area (Å²) in [5.74, 6) is 0.564. The van der Waals surface area contributed by atoms with Crippen LogP contribution in [0.3, 0.4) is 0 Å². The van der Waals surface area contributed by atoms with Crippen LogP contribution in [0.5, 0.6) is 0 Å².